The molecular formula is C25H28O5. The number of carbonyl (C=O) groups is 1. The van der Waals surface area contributed by atoms with Crippen LogP contribution in [-0.4, -0.2) is 26.9 Å². The fourth-order valence-corrected chi connectivity index (χ4v) is 4.07. The summed E-state index contributed by atoms with van der Waals surface area (Å²) in [5, 5.41) is 29.6. The van der Waals surface area contributed by atoms with Crippen molar-refractivity contribution >= 4 is 18.1 Å². The van der Waals surface area contributed by atoms with Crippen LogP contribution in [0.1, 0.15) is 61.5 Å². The first-order chi connectivity index (χ1) is 14.0. The highest BCUT2D eigenvalue weighted by atomic mass is 16.5. The van der Waals surface area contributed by atoms with E-state index < -0.39 is 11.6 Å². The zero-order valence-electron chi connectivity index (χ0n) is 17.6. The predicted octanol–water partition coefficient (Wildman–Crippen LogP) is 5.87. The molecule has 2 aromatic rings. The van der Waals surface area contributed by atoms with Gasteiger partial charge in [-0.1, -0.05) is 44.7 Å². The highest BCUT2D eigenvalue weighted by molar-refractivity contribution is 5.97. The Bertz CT molecular complexity index is 1000. The van der Waals surface area contributed by atoms with Crippen molar-refractivity contribution in [2.24, 2.45) is 5.41 Å². The van der Waals surface area contributed by atoms with Crippen LogP contribution in [0.3, 0.4) is 0 Å². The predicted molar refractivity (Wildman–Crippen MR) is 118 cm³/mol. The molecule has 1 saturated carbocycles. The molecular weight excluding hydrogens is 380 g/mol. The van der Waals surface area contributed by atoms with Crippen molar-refractivity contribution in [2.45, 2.75) is 45.6 Å². The number of hydrogen-bond acceptors (Lipinski definition) is 4. The van der Waals surface area contributed by atoms with Crippen LogP contribution in [0.2, 0.25) is 0 Å². The normalized spacial score (nSPS) is 21.0. The molecule has 5 heteroatoms. The van der Waals surface area contributed by atoms with Gasteiger partial charge in [-0.05, 0) is 66.5 Å². The van der Waals surface area contributed by atoms with Gasteiger partial charge in [0.25, 0.3) is 0 Å². The third-order valence-electron chi connectivity index (χ3n) is 5.68. The van der Waals surface area contributed by atoms with Gasteiger partial charge < -0.3 is 20.1 Å². The Morgan fingerprint density at radius 3 is 2.37 bits per heavy atom. The molecule has 3 N–H and O–H groups in total. The molecule has 2 aromatic carbocycles. The molecule has 0 aromatic heterocycles. The van der Waals surface area contributed by atoms with Gasteiger partial charge in [-0.15, -0.1) is 0 Å². The smallest absolute Gasteiger partial charge is 0.340 e. The standard InChI is InChI=1S/C25H28O5/c1-16-11-12-24(2,3)15-25(16,4)30-21-14-20(27)13-18(22(21)23(28)29)8-5-17-6-9-19(26)10-7-17/h5-10,13-14,26-27H,1,11-12,15H2,2-4H3,(H,28,29)/b8-5+. The van der Waals surface area contributed by atoms with E-state index in [9.17, 15) is 20.1 Å². The molecule has 1 aliphatic rings. The fraction of sp³-hybridized carbons (Fsp3) is 0.320. The number of aromatic carboxylic acids is 1. The third-order valence-corrected chi connectivity index (χ3v) is 5.68. The topological polar surface area (TPSA) is 87.0 Å². The molecule has 30 heavy (non-hydrogen) atoms. The van der Waals surface area contributed by atoms with Crippen LogP contribution in [0.5, 0.6) is 17.2 Å². The lowest BCUT2D eigenvalue weighted by molar-refractivity contribution is 0.0415. The molecule has 0 amide bonds. The van der Waals surface area contributed by atoms with Crippen LogP contribution in [0.4, 0.5) is 0 Å². The maximum Gasteiger partial charge on any atom is 0.340 e. The molecule has 0 spiro atoms. The molecule has 0 radical (unpaired) electrons. The number of phenolic OH excluding ortho intramolecular Hbond substituents is 2. The minimum atomic E-state index is -1.14. The number of hydrogen-bond donors (Lipinski definition) is 3. The first kappa shape index (κ1) is 21.5. The Morgan fingerprint density at radius 1 is 1.07 bits per heavy atom. The van der Waals surface area contributed by atoms with Gasteiger partial charge in [0.15, 0.2) is 0 Å². The highest BCUT2D eigenvalue weighted by Crippen LogP contribution is 2.46. The van der Waals surface area contributed by atoms with Gasteiger partial charge in [0.05, 0.1) is 0 Å². The van der Waals surface area contributed by atoms with E-state index in [0.717, 1.165) is 24.0 Å². The van der Waals surface area contributed by atoms with Gasteiger partial charge in [-0.2, -0.15) is 0 Å². The zero-order chi connectivity index (χ0) is 22.1. The van der Waals surface area contributed by atoms with Crippen molar-refractivity contribution in [3.05, 3.63) is 65.2 Å². The second-order valence-corrected chi connectivity index (χ2v) is 8.92. The maximum absolute atomic E-state index is 12.1. The van der Waals surface area contributed by atoms with Crippen LogP contribution in [-0.2, 0) is 0 Å². The summed E-state index contributed by atoms with van der Waals surface area (Å²) in [6, 6.07) is 9.26. The average Bonchev–Trinajstić information content (AvgIpc) is 2.63. The zero-order valence-corrected chi connectivity index (χ0v) is 17.6. The molecule has 158 valence electrons. The van der Waals surface area contributed by atoms with E-state index in [0.29, 0.717) is 12.0 Å². The SMILES string of the molecule is C=C1CCC(C)(C)CC1(C)Oc1cc(O)cc(/C=C/c2ccc(O)cc2)c1C(=O)O. The second kappa shape index (κ2) is 7.90. The minimum absolute atomic E-state index is 0.0137. The summed E-state index contributed by atoms with van der Waals surface area (Å²) >= 11 is 0. The first-order valence-corrected chi connectivity index (χ1v) is 9.94. The van der Waals surface area contributed by atoms with Crippen LogP contribution < -0.4 is 4.74 Å². The monoisotopic (exact) mass is 408 g/mol. The molecule has 0 saturated heterocycles. The van der Waals surface area contributed by atoms with E-state index in [1.165, 1.54) is 12.1 Å². The number of carboxylic acid groups (broad SMARTS) is 1. The van der Waals surface area contributed by atoms with Crippen molar-refractivity contribution in [3.63, 3.8) is 0 Å². The quantitative estimate of drug-likeness (QED) is 0.425. The summed E-state index contributed by atoms with van der Waals surface area (Å²) in [5.74, 6) is -0.950. The number of carboxylic acids is 1. The lowest BCUT2D eigenvalue weighted by Gasteiger charge is -2.44. The van der Waals surface area contributed by atoms with Crippen molar-refractivity contribution in [1.29, 1.82) is 0 Å². The van der Waals surface area contributed by atoms with E-state index in [1.54, 1.807) is 36.4 Å². The van der Waals surface area contributed by atoms with Crippen molar-refractivity contribution in [3.8, 4) is 17.2 Å². The number of aromatic hydroxyl groups is 2. The van der Waals surface area contributed by atoms with Gasteiger partial charge in [0.1, 0.15) is 28.4 Å². The van der Waals surface area contributed by atoms with Gasteiger partial charge >= 0.3 is 5.97 Å². The molecule has 1 fully saturated rings. The summed E-state index contributed by atoms with van der Waals surface area (Å²) in [6.07, 6.45) is 5.83. The van der Waals surface area contributed by atoms with Crippen LogP contribution in [0.15, 0.2) is 48.6 Å². The summed E-state index contributed by atoms with van der Waals surface area (Å²) in [6.45, 7) is 10.4. The Morgan fingerprint density at radius 2 is 1.73 bits per heavy atom. The highest BCUT2D eigenvalue weighted by Gasteiger charge is 2.41. The minimum Gasteiger partial charge on any atom is -0.508 e. The molecule has 1 unspecified atom stereocenters. The Labute approximate surface area is 177 Å². The van der Waals surface area contributed by atoms with E-state index in [-0.39, 0.29) is 28.2 Å². The van der Waals surface area contributed by atoms with Crippen LogP contribution in [0.25, 0.3) is 12.2 Å². The number of benzene rings is 2. The van der Waals surface area contributed by atoms with Crippen molar-refractivity contribution < 1.29 is 24.9 Å². The summed E-state index contributed by atoms with van der Waals surface area (Å²) in [4.78, 5) is 12.1. The fourth-order valence-electron chi connectivity index (χ4n) is 4.07. The van der Waals surface area contributed by atoms with E-state index in [2.05, 4.69) is 20.4 Å². The molecule has 3 rings (SSSR count). The van der Waals surface area contributed by atoms with E-state index >= 15 is 0 Å². The Hall–Kier alpha value is -3.21. The molecule has 0 aliphatic heterocycles. The van der Waals surface area contributed by atoms with E-state index in [1.807, 2.05) is 6.92 Å². The molecule has 1 atom stereocenters. The summed E-state index contributed by atoms with van der Waals surface area (Å²) in [7, 11) is 0. The van der Waals surface area contributed by atoms with Crippen LogP contribution in [0, 0.1) is 5.41 Å². The molecule has 5 nitrogen and oxygen atoms in total. The lowest BCUT2D eigenvalue weighted by atomic mass is 9.68. The number of rotatable bonds is 5. The molecule has 0 bridgehead atoms. The van der Waals surface area contributed by atoms with Gasteiger partial charge in [-0.3, -0.25) is 0 Å². The summed E-state index contributed by atoms with van der Waals surface area (Å²) in [5.41, 5.74) is 1.33. The van der Waals surface area contributed by atoms with Crippen LogP contribution >= 0.6 is 0 Å². The average molecular weight is 408 g/mol. The second-order valence-electron chi connectivity index (χ2n) is 8.92. The third kappa shape index (κ3) is 4.67. The molecule has 1 aliphatic carbocycles. The first-order valence-electron chi connectivity index (χ1n) is 9.94. The number of phenols is 2. The van der Waals surface area contributed by atoms with Crippen molar-refractivity contribution in [2.75, 3.05) is 0 Å². The number of ether oxygens (including phenoxy) is 1. The largest absolute Gasteiger partial charge is 0.508 e. The van der Waals surface area contributed by atoms with E-state index in [4.69, 9.17) is 4.74 Å². The Balaban J connectivity index is 2.02. The van der Waals surface area contributed by atoms with Crippen molar-refractivity contribution in [1.82, 2.24) is 0 Å². The Kier molecular flexibility index (Phi) is 5.66. The molecule has 0 heterocycles. The lowest BCUT2D eigenvalue weighted by Crippen LogP contribution is -2.43. The van der Waals surface area contributed by atoms with Gasteiger partial charge in [-0.25, -0.2) is 4.79 Å². The maximum atomic E-state index is 12.1. The van der Waals surface area contributed by atoms with Gasteiger partial charge in [0, 0.05) is 6.07 Å². The van der Waals surface area contributed by atoms with Gasteiger partial charge in [0.2, 0.25) is 0 Å². The summed E-state index contributed by atoms with van der Waals surface area (Å²) < 4.78 is 6.27.